The maximum atomic E-state index is 14.2. The average molecular weight is 680 g/mol. The van der Waals surface area contributed by atoms with Crippen molar-refractivity contribution in [2.24, 2.45) is 0 Å². The van der Waals surface area contributed by atoms with E-state index < -0.39 is 74.1 Å². The molecule has 43 heavy (non-hydrogen) atoms. The van der Waals surface area contributed by atoms with E-state index in [1.807, 2.05) is 0 Å². The normalized spacial score (nSPS) is 15.2. The summed E-state index contributed by atoms with van der Waals surface area (Å²) in [5.74, 6) is -57.0. The Morgan fingerprint density at radius 1 is 0.651 bits per heavy atom. The quantitative estimate of drug-likeness (QED) is 0.0848. The fourth-order valence-electron chi connectivity index (χ4n) is 3.20. The van der Waals surface area contributed by atoms with Gasteiger partial charge in [-0.2, -0.15) is 74.6 Å². The Kier molecular flexibility index (Phi) is 10.8. The zero-order valence-electron chi connectivity index (χ0n) is 21.6. The molecule has 0 aliphatic heterocycles. The molecule has 20 heteroatoms. The Labute approximate surface area is 232 Å². The number of hydrogen-bond donors (Lipinski definition) is 0. The molecule has 1 aromatic carbocycles. The van der Waals surface area contributed by atoms with Gasteiger partial charge in [0, 0.05) is 6.42 Å². The summed E-state index contributed by atoms with van der Waals surface area (Å²) in [6.45, 7) is 1.99. The zero-order chi connectivity index (χ0) is 34.1. The van der Waals surface area contributed by atoms with Gasteiger partial charge in [0.25, 0.3) is 0 Å². The lowest BCUT2D eigenvalue weighted by molar-refractivity contribution is -0.461. The molecular weight excluding hydrogens is 659 g/mol. The van der Waals surface area contributed by atoms with Crippen molar-refractivity contribution in [3.8, 4) is 0 Å². The highest BCUT2D eigenvalue weighted by Gasteiger charge is 2.95. The number of carbonyl (C=O) groups is 1. The number of alkyl halides is 17. The van der Waals surface area contributed by atoms with Crippen molar-refractivity contribution in [1.29, 1.82) is 0 Å². The van der Waals surface area contributed by atoms with Gasteiger partial charge >= 0.3 is 53.6 Å². The summed E-state index contributed by atoms with van der Waals surface area (Å²) in [6, 6.07) is 6.09. The van der Waals surface area contributed by atoms with E-state index in [0.717, 1.165) is 0 Å². The number of rotatable bonds is 14. The third-order valence-electron chi connectivity index (χ3n) is 6.06. The Balaban J connectivity index is 3.08. The molecule has 2 nitrogen and oxygen atoms in total. The third-order valence-corrected chi connectivity index (χ3v) is 9.00. The van der Waals surface area contributed by atoms with Gasteiger partial charge in [0.1, 0.15) is 6.61 Å². The van der Waals surface area contributed by atoms with Crippen LogP contribution in [0.3, 0.4) is 0 Å². The largest absolute Gasteiger partial charge is 0.460 e. The van der Waals surface area contributed by atoms with Crippen molar-refractivity contribution >= 4 is 14.0 Å². The predicted molar refractivity (Wildman–Crippen MR) is 118 cm³/mol. The molecule has 0 aliphatic rings. The first-order valence-electron chi connectivity index (χ1n) is 11.5. The van der Waals surface area contributed by atoms with Crippen molar-refractivity contribution in [2.75, 3.05) is 6.61 Å². The molecule has 1 rings (SSSR count). The van der Waals surface area contributed by atoms with E-state index in [0.29, 0.717) is 0 Å². The Hall–Kier alpha value is -2.54. The van der Waals surface area contributed by atoms with Gasteiger partial charge in [-0.05, 0) is 18.2 Å². The van der Waals surface area contributed by atoms with Crippen LogP contribution in [0.25, 0.3) is 0 Å². The van der Waals surface area contributed by atoms with Crippen LogP contribution in [0.1, 0.15) is 16.8 Å². The monoisotopic (exact) mass is 680 g/mol. The summed E-state index contributed by atoms with van der Waals surface area (Å²) in [4.78, 5) is 11.8. The number of hydrogen-bond acceptors (Lipinski definition) is 2. The molecule has 0 aliphatic carbocycles. The van der Waals surface area contributed by atoms with Gasteiger partial charge < -0.3 is 4.74 Å². The molecule has 0 amide bonds. The lowest BCUT2D eigenvalue weighted by Gasteiger charge is -2.43. The van der Waals surface area contributed by atoms with Gasteiger partial charge in [-0.3, -0.25) is 0 Å². The van der Waals surface area contributed by atoms with E-state index in [-0.39, 0.29) is 18.2 Å². The number of halogens is 17. The van der Waals surface area contributed by atoms with E-state index in [4.69, 9.17) is 4.74 Å². The highest BCUT2D eigenvalue weighted by molar-refractivity contribution is 6.77. The molecule has 0 saturated carbocycles. The molecule has 0 fully saturated rings. The van der Waals surface area contributed by atoms with Crippen molar-refractivity contribution in [1.82, 2.24) is 0 Å². The van der Waals surface area contributed by atoms with E-state index >= 15 is 0 Å². The topological polar surface area (TPSA) is 26.3 Å². The summed E-state index contributed by atoms with van der Waals surface area (Å²) in [6.07, 6.45) is -7.85. The molecule has 0 unspecified atom stereocenters. The molecule has 0 atom stereocenters. The first kappa shape index (κ1) is 38.5. The van der Waals surface area contributed by atoms with Crippen molar-refractivity contribution in [3.63, 3.8) is 0 Å². The maximum absolute atomic E-state index is 14.2. The van der Waals surface area contributed by atoms with E-state index in [9.17, 15) is 79.4 Å². The lowest BCUT2D eigenvalue weighted by Crippen LogP contribution is -2.74. The van der Waals surface area contributed by atoms with Crippen molar-refractivity contribution in [3.05, 3.63) is 48.0 Å². The number of esters is 1. The summed E-state index contributed by atoms with van der Waals surface area (Å²) >= 11 is 0. The van der Waals surface area contributed by atoms with Gasteiger partial charge in [-0.15, -0.1) is 0 Å². The number of allylic oxidation sites excluding steroid dienone is 1. The average Bonchev–Trinajstić information content (AvgIpc) is 2.86. The predicted octanol–water partition coefficient (Wildman–Crippen LogP) is 9.51. The molecule has 0 spiro atoms. The zero-order valence-corrected chi connectivity index (χ0v) is 22.6. The van der Waals surface area contributed by atoms with Gasteiger partial charge in [-0.1, -0.05) is 49.5 Å². The third kappa shape index (κ3) is 7.07. The Morgan fingerprint density at radius 3 is 1.51 bits per heavy atom. The summed E-state index contributed by atoms with van der Waals surface area (Å²) < 4.78 is 233. The maximum Gasteiger partial charge on any atom is 0.460 e. The molecule has 0 N–H and O–H groups in total. The second kappa shape index (κ2) is 12.1. The number of benzene rings is 1. The van der Waals surface area contributed by atoms with E-state index in [1.54, 1.807) is 6.07 Å². The van der Waals surface area contributed by atoms with Crippen LogP contribution >= 0.6 is 0 Å². The fraction of sp³-hybridized carbons (Fsp3) is 0.609. The molecular formula is C23H21F17O2Si. The summed E-state index contributed by atoms with van der Waals surface area (Å²) in [5, 5.41) is 0. The number of carbonyl (C=O) groups excluding carboxylic acids is 1. The SMILES string of the molecule is C[Si](C)(C/C=C/COC(=O)c1ccccc1)CCC(F)(F)C(F)(F)C(F)(F)C(F)(F)C(F)(F)C(F)(F)C(F)(F)C(F)(F)F. The molecule has 0 heterocycles. The standard InChI is InChI=1S/C23H21F17O2Si/c1-43(2,12-7-6-11-42-15(41)14-8-4-3-5-9-14)13-10-16(24,25)17(26,27)18(28,29)19(30,31)20(32,33)21(34,35)22(36,37)23(38,39)40/h3-9H,10-13H2,1-2H3/b7-6+. The van der Waals surface area contributed by atoms with Crippen LogP contribution in [0.5, 0.6) is 0 Å². The minimum absolute atomic E-state index is 0.159. The molecule has 248 valence electrons. The second-order valence-corrected chi connectivity index (χ2v) is 15.2. The van der Waals surface area contributed by atoms with Crippen LogP contribution in [0.4, 0.5) is 74.6 Å². The highest BCUT2D eigenvalue weighted by Crippen LogP contribution is 2.64. The van der Waals surface area contributed by atoms with E-state index in [2.05, 4.69) is 0 Å². The highest BCUT2D eigenvalue weighted by atomic mass is 28.3. The minimum atomic E-state index is -8.63. The molecule has 0 aromatic heterocycles. The molecule has 0 radical (unpaired) electrons. The Morgan fingerprint density at radius 2 is 1.07 bits per heavy atom. The van der Waals surface area contributed by atoms with Crippen LogP contribution in [0, 0.1) is 0 Å². The molecule has 1 aromatic rings. The fourth-order valence-corrected chi connectivity index (χ4v) is 5.20. The van der Waals surface area contributed by atoms with Crippen LogP contribution in [-0.4, -0.2) is 68.3 Å². The minimum Gasteiger partial charge on any atom is -0.458 e. The van der Waals surface area contributed by atoms with Crippen LogP contribution < -0.4 is 0 Å². The lowest BCUT2D eigenvalue weighted by atomic mass is 9.88. The van der Waals surface area contributed by atoms with Gasteiger partial charge in [0.2, 0.25) is 0 Å². The van der Waals surface area contributed by atoms with Crippen LogP contribution in [0.15, 0.2) is 42.5 Å². The van der Waals surface area contributed by atoms with Gasteiger partial charge in [0.15, 0.2) is 0 Å². The first-order chi connectivity index (χ1) is 18.9. The Bertz CT molecular complexity index is 1130. The van der Waals surface area contributed by atoms with Gasteiger partial charge in [-0.25, -0.2) is 4.79 Å². The van der Waals surface area contributed by atoms with Crippen LogP contribution in [0.2, 0.25) is 25.2 Å². The molecule has 0 bridgehead atoms. The second-order valence-electron chi connectivity index (χ2n) is 9.95. The van der Waals surface area contributed by atoms with E-state index in [1.165, 1.54) is 49.5 Å². The smallest absolute Gasteiger partial charge is 0.458 e. The first-order valence-corrected chi connectivity index (χ1v) is 14.9. The van der Waals surface area contributed by atoms with Crippen molar-refractivity contribution < 1.29 is 84.2 Å². The number of ether oxygens (including phenoxy) is 1. The summed E-state index contributed by atoms with van der Waals surface area (Å²) in [5.41, 5.74) is 0.159. The van der Waals surface area contributed by atoms with Crippen LogP contribution in [-0.2, 0) is 4.74 Å². The van der Waals surface area contributed by atoms with Gasteiger partial charge in [0.05, 0.1) is 13.6 Å². The summed E-state index contributed by atoms with van der Waals surface area (Å²) in [7, 11) is -3.22. The van der Waals surface area contributed by atoms with Crippen molar-refractivity contribution in [2.45, 2.75) is 79.2 Å². The molecule has 0 saturated heterocycles.